The van der Waals surface area contributed by atoms with Gasteiger partial charge in [0.15, 0.2) is 0 Å². The summed E-state index contributed by atoms with van der Waals surface area (Å²) in [4.78, 5) is 24.4. The van der Waals surface area contributed by atoms with Crippen molar-refractivity contribution in [3.05, 3.63) is 53.2 Å². The summed E-state index contributed by atoms with van der Waals surface area (Å²) in [5.41, 5.74) is 4.70. The number of nitrogens with zero attached hydrogens (tertiary/aromatic N) is 4. The Kier molecular flexibility index (Phi) is 5.74. The Balaban J connectivity index is 1.42. The molecule has 1 atom stereocenters. The number of amides is 1. The van der Waals surface area contributed by atoms with Crippen LogP contribution in [0.15, 0.2) is 36.5 Å². The van der Waals surface area contributed by atoms with Crippen molar-refractivity contribution in [1.29, 1.82) is 0 Å². The van der Waals surface area contributed by atoms with Gasteiger partial charge in [-0.1, -0.05) is 19.1 Å². The molecule has 5 nitrogen and oxygen atoms in total. The Morgan fingerprint density at radius 3 is 2.59 bits per heavy atom. The van der Waals surface area contributed by atoms with Crippen molar-refractivity contribution in [2.45, 2.75) is 33.6 Å². The Morgan fingerprint density at radius 2 is 1.83 bits per heavy atom. The van der Waals surface area contributed by atoms with E-state index in [0.29, 0.717) is 5.92 Å². The van der Waals surface area contributed by atoms with E-state index in [1.54, 1.807) is 6.20 Å². The van der Waals surface area contributed by atoms with Crippen molar-refractivity contribution in [1.82, 2.24) is 9.88 Å². The van der Waals surface area contributed by atoms with E-state index in [-0.39, 0.29) is 5.91 Å². The third-order valence-electron chi connectivity index (χ3n) is 6.46. The van der Waals surface area contributed by atoms with Crippen molar-refractivity contribution < 1.29 is 4.79 Å². The summed E-state index contributed by atoms with van der Waals surface area (Å²) < 4.78 is 0. The molecule has 1 aromatic heterocycles. The average molecular weight is 393 g/mol. The molecule has 0 bridgehead atoms. The molecule has 2 aromatic rings. The van der Waals surface area contributed by atoms with Crippen LogP contribution in [-0.4, -0.2) is 55.1 Å². The fourth-order valence-electron chi connectivity index (χ4n) is 4.53. The molecule has 0 N–H and O–H groups in total. The molecule has 3 heterocycles. The highest BCUT2D eigenvalue weighted by Gasteiger charge is 2.24. The van der Waals surface area contributed by atoms with E-state index >= 15 is 0 Å². The summed E-state index contributed by atoms with van der Waals surface area (Å²) >= 11 is 0. The molecule has 5 heteroatoms. The van der Waals surface area contributed by atoms with Gasteiger partial charge in [0.25, 0.3) is 5.91 Å². The molecule has 0 saturated carbocycles. The van der Waals surface area contributed by atoms with Gasteiger partial charge in [0, 0.05) is 56.7 Å². The van der Waals surface area contributed by atoms with E-state index in [1.165, 1.54) is 29.7 Å². The topological polar surface area (TPSA) is 39.7 Å². The van der Waals surface area contributed by atoms with Gasteiger partial charge in [0.1, 0.15) is 5.82 Å². The smallest absolute Gasteiger partial charge is 0.254 e. The number of carbonyl (C=O) groups is 1. The highest BCUT2D eigenvalue weighted by atomic mass is 16.2. The first-order valence-corrected chi connectivity index (χ1v) is 10.8. The summed E-state index contributed by atoms with van der Waals surface area (Å²) in [5, 5.41) is 0. The lowest BCUT2D eigenvalue weighted by atomic mass is 10.0. The Hall–Kier alpha value is -2.56. The van der Waals surface area contributed by atoms with Crippen LogP contribution >= 0.6 is 0 Å². The van der Waals surface area contributed by atoms with Crippen molar-refractivity contribution in [2.24, 2.45) is 5.92 Å². The second-order valence-corrected chi connectivity index (χ2v) is 8.59. The largest absolute Gasteiger partial charge is 0.368 e. The SMILES string of the molecule is Cc1cccc(N2CCN(C(=O)c3ccnc(N4CCCC(C)C4)c3)CC2)c1C. The highest BCUT2D eigenvalue weighted by Crippen LogP contribution is 2.25. The fourth-order valence-corrected chi connectivity index (χ4v) is 4.53. The Morgan fingerprint density at radius 1 is 1.03 bits per heavy atom. The number of carbonyl (C=O) groups excluding carboxylic acids is 1. The number of hydrogen-bond donors (Lipinski definition) is 0. The molecule has 1 amide bonds. The third-order valence-corrected chi connectivity index (χ3v) is 6.46. The standard InChI is InChI=1S/C24H32N4O/c1-18-6-5-11-28(17-18)23-16-21(9-10-25-23)24(29)27-14-12-26(13-15-27)22-8-4-7-19(2)20(22)3/h4,7-10,16,18H,5-6,11-15,17H2,1-3H3. The summed E-state index contributed by atoms with van der Waals surface area (Å²) in [6.45, 7) is 11.9. The second kappa shape index (κ2) is 8.44. The predicted molar refractivity (Wildman–Crippen MR) is 119 cm³/mol. The lowest BCUT2D eigenvalue weighted by molar-refractivity contribution is 0.0746. The first-order valence-electron chi connectivity index (χ1n) is 10.8. The van der Waals surface area contributed by atoms with E-state index in [9.17, 15) is 4.79 Å². The monoisotopic (exact) mass is 392 g/mol. The zero-order chi connectivity index (χ0) is 20.4. The number of aryl methyl sites for hydroxylation is 1. The normalized spacial score (nSPS) is 20.1. The fraction of sp³-hybridized carbons (Fsp3) is 0.500. The molecular formula is C24H32N4O. The highest BCUT2D eigenvalue weighted by molar-refractivity contribution is 5.95. The molecule has 2 fully saturated rings. The lowest BCUT2D eigenvalue weighted by Gasteiger charge is -2.37. The Bertz CT molecular complexity index is 873. The van der Waals surface area contributed by atoms with Gasteiger partial charge in [-0.3, -0.25) is 4.79 Å². The van der Waals surface area contributed by atoms with E-state index in [4.69, 9.17) is 0 Å². The van der Waals surface area contributed by atoms with Crippen LogP contribution in [0.25, 0.3) is 0 Å². The molecule has 0 spiro atoms. The molecule has 154 valence electrons. The van der Waals surface area contributed by atoms with Crippen LogP contribution in [0.4, 0.5) is 11.5 Å². The van der Waals surface area contributed by atoms with Crippen molar-refractivity contribution >= 4 is 17.4 Å². The second-order valence-electron chi connectivity index (χ2n) is 8.59. The lowest BCUT2D eigenvalue weighted by Crippen LogP contribution is -2.49. The van der Waals surface area contributed by atoms with Gasteiger partial charge in [0.2, 0.25) is 0 Å². The van der Waals surface area contributed by atoms with E-state index in [2.05, 4.69) is 53.8 Å². The van der Waals surface area contributed by atoms with Gasteiger partial charge in [-0.25, -0.2) is 4.98 Å². The first kappa shape index (κ1) is 19.7. The van der Waals surface area contributed by atoms with E-state index in [1.807, 2.05) is 17.0 Å². The first-order chi connectivity index (χ1) is 14.0. The molecular weight excluding hydrogens is 360 g/mol. The molecule has 2 saturated heterocycles. The van der Waals surface area contributed by atoms with E-state index in [0.717, 1.165) is 50.6 Å². The molecule has 2 aliphatic rings. The van der Waals surface area contributed by atoms with Gasteiger partial charge in [0.05, 0.1) is 0 Å². The molecule has 2 aliphatic heterocycles. The zero-order valence-electron chi connectivity index (χ0n) is 17.9. The maximum atomic E-state index is 13.1. The number of piperidine rings is 1. The number of rotatable bonds is 3. The molecule has 0 aliphatic carbocycles. The minimum absolute atomic E-state index is 0.124. The van der Waals surface area contributed by atoms with Crippen molar-refractivity contribution in [3.8, 4) is 0 Å². The van der Waals surface area contributed by atoms with E-state index < -0.39 is 0 Å². The maximum absolute atomic E-state index is 13.1. The van der Waals surface area contributed by atoms with Crippen molar-refractivity contribution in [2.75, 3.05) is 49.1 Å². The molecule has 0 radical (unpaired) electrons. The van der Waals surface area contributed by atoms with Crippen LogP contribution in [-0.2, 0) is 0 Å². The van der Waals surface area contributed by atoms with Gasteiger partial charge in [-0.05, 0) is 61.9 Å². The number of piperazine rings is 1. The van der Waals surface area contributed by atoms with Crippen LogP contribution < -0.4 is 9.80 Å². The van der Waals surface area contributed by atoms with Gasteiger partial charge >= 0.3 is 0 Å². The zero-order valence-corrected chi connectivity index (χ0v) is 17.9. The summed E-state index contributed by atoms with van der Waals surface area (Å²) in [6.07, 6.45) is 4.26. The van der Waals surface area contributed by atoms with Gasteiger partial charge in [-0.15, -0.1) is 0 Å². The molecule has 4 rings (SSSR count). The molecule has 1 aromatic carbocycles. The summed E-state index contributed by atoms with van der Waals surface area (Å²) in [6, 6.07) is 10.3. The summed E-state index contributed by atoms with van der Waals surface area (Å²) in [5.74, 6) is 1.75. The third kappa shape index (κ3) is 4.24. The average Bonchev–Trinajstić information content (AvgIpc) is 2.75. The number of aromatic nitrogens is 1. The summed E-state index contributed by atoms with van der Waals surface area (Å²) in [7, 11) is 0. The van der Waals surface area contributed by atoms with Crippen LogP contribution in [0.3, 0.4) is 0 Å². The molecule has 1 unspecified atom stereocenters. The van der Waals surface area contributed by atoms with Crippen molar-refractivity contribution in [3.63, 3.8) is 0 Å². The number of hydrogen-bond acceptors (Lipinski definition) is 4. The Labute approximate surface area is 174 Å². The van der Waals surface area contributed by atoms with Crippen LogP contribution in [0.2, 0.25) is 0 Å². The minimum atomic E-state index is 0.124. The van der Waals surface area contributed by atoms with Crippen LogP contribution in [0, 0.1) is 19.8 Å². The number of benzene rings is 1. The maximum Gasteiger partial charge on any atom is 0.254 e. The van der Waals surface area contributed by atoms with Gasteiger partial charge in [-0.2, -0.15) is 0 Å². The number of pyridine rings is 1. The van der Waals surface area contributed by atoms with Crippen LogP contribution in [0.5, 0.6) is 0 Å². The predicted octanol–water partition coefficient (Wildman–Crippen LogP) is 3.90. The molecule has 29 heavy (non-hydrogen) atoms. The quantitative estimate of drug-likeness (QED) is 0.794. The minimum Gasteiger partial charge on any atom is -0.368 e. The number of anilines is 2. The van der Waals surface area contributed by atoms with Crippen LogP contribution in [0.1, 0.15) is 41.3 Å². The van der Waals surface area contributed by atoms with Gasteiger partial charge < -0.3 is 14.7 Å².